The molecule has 0 bridgehead atoms. The van der Waals surface area contributed by atoms with Crippen LogP contribution in [0.3, 0.4) is 0 Å². The van der Waals surface area contributed by atoms with Crippen LogP contribution < -0.4 is 16.4 Å². The third-order valence-electron chi connectivity index (χ3n) is 3.83. The fourth-order valence-corrected chi connectivity index (χ4v) is 2.42. The number of benzene rings is 1. The number of nitrogens with one attached hydrogen (secondary N) is 2. The SMILES string of the molecule is CCCCCCC(=O)Nc1ccc(NCc2ccncc2)cc1N. The first-order valence-electron chi connectivity index (χ1n) is 8.51. The van der Waals surface area contributed by atoms with Gasteiger partial charge in [-0.25, -0.2) is 0 Å². The fourth-order valence-electron chi connectivity index (χ4n) is 2.42. The number of amides is 1. The van der Waals surface area contributed by atoms with Gasteiger partial charge in [-0.2, -0.15) is 0 Å². The summed E-state index contributed by atoms with van der Waals surface area (Å²) in [6, 6.07) is 9.53. The summed E-state index contributed by atoms with van der Waals surface area (Å²) in [4.78, 5) is 15.9. The maximum atomic E-state index is 11.9. The van der Waals surface area contributed by atoms with Gasteiger partial charge in [0.2, 0.25) is 5.91 Å². The molecule has 1 amide bonds. The molecule has 4 N–H and O–H groups in total. The summed E-state index contributed by atoms with van der Waals surface area (Å²) < 4.78 is 0. The van der Waals surface area contributed by atoms with E-state index in [2.05, 4.69) is 22.5 Å². The number of carbonyl (C=O) groups is 1. The number of rotatable bonds is 9. The second-order valence-corrected chi connectivity index (χ2v) is 5.87. The molecule has 2 rings (SSSR count). The van der Waals surface area contributed by atoms with E-state index in [1.165, 1.54) is 12.8 Å². The van der Waals surface area contributed by atoms with Crippen LogP contribution in [0.5, 0.6) is 0 Å². The van der Waals surface area contributed by atoms with E-state index in [9.17, 15) is 4.79 Å². The molecular weight excluding hydrogens is 300 g/mol. The van der Waals surface area contributed by atoms with Crippen molar-refractivity contribution in [2.24, 2.45) is 0 Å². The molecular formula is C19H26N4O. The van der Waals surface area contributed by atoms with Crippen molar-refractivity contribution in [3.63, 3.8) is 0 Å². The van der Waals surface area contributed by atoms with Gasteiger partial charge in [-0.15, -0.1) is 0 Å². The van der Waals surface area contributed by atoms with Crippen molar-refractivity contribution in [2.75, 3.05) is 16.4 Å². The Morgan fingerprint density at radius 1 is 1.12 bits per heavy atom. The predicted molar refractivity (Wildman–Crippen MR) is 99.8 cm³/mol. The van der Waals surface area contributed by atoms with E-state index >= 15 is 0 Å². The highest BCUT2D eigenvalue weighted by Gasteiger charge is 2.06. The van der Waals surface area contributed by atoms with Crippen LogP contribution in [0.15, 0.2) is 42.7 Å². The van der Waals surface area contributed by atoms with Crippen molar-refractivity contribution in [3.8, 4) is 0 Å². The molecule has 0 spiro atoms. The number of carbonyl (C=O) groups excluding carboxylic acids is 1. The number of nitrogen functional groups attached to an aromatic ring is 1. The number of unbranched alkanes of at least 4 members (excludes halogenated alkanes) is 3. The van der Waals surface area contributed by atoms with Gasteiger partial charge < -0.3 is 16.4 Å². The lowest BCUT2D eigenvalue weighted by molar-refractivity contribution is -0.116. The molecule has 0 fully saturated rings. The van der Waals surface area contributed by atoms with Gasteiger partial charge >= 0.3 is 0 Å². The number of aromatic nitrogens is 1. The second-order valence-electron chi connectivity index (χ2n) is 5.87. The lowest BCUT2D eigenvalue weighted by Gasteiger charge is -2.11. The van der Waals surface area contributed by atoms with E-state index in [1.54, 1.807) is 12.4 Å². The van der Waals surface area contributed by atoms with Crippen molar-refractivity contribution in [1.29, 1.82) is 0 Å². The quantitative estimate of drug-likeness (QED) is 0.477. The molecule has 0 radical (unpaired) electrons. The van der Waals surface area contributed by atoms with Gasteiger partial charge in [0.1, 0.15) is 0 Å². The molecule has 1 aromatic heterocycles. The van der Waals surface area contributed by atoms with Crippen LogP contribution >= 0.6 is 0 Å². The third-order valence-corrected chi connectivity index (χ3v) is 3.83. The Balaban J connectivity index is 1.84. The molecule has 0 atom stereocenters. The van der Waals surface area contributed by atoms with Crippen LogP contribution in [0.1, 0.15) is 44.6 Å². The Kier molecular flexibility index (Phi) is 7.08. The number of pyridine rings is 1. The number of hydrogen-bond donors (Lipinski definition) is 3. The number of nitrogens with two attached hydrogens (primary N) is 1. The average molecular weight is 326 g/mol. The molecule has 5 nitrogen and oxygen atoms in total. The topological polar surface area (TPSA) is 80.0 Å². The van der Waals surface area contributed by atoms with Gasteiger partial charge in [-0.3, -0.25) is 9.78 Å². The Bertz CT molecular complexity index is 643. The highest BCUT2D eigenvalue weighted by molar-refractivity contribution is 5.94. The van der Waals surface area contributed by atoms with Crippen molar-refractivity contribution < 1.29 is 4.79 Å². The Hall–Kier alpha value is -2.56. The smallest absolute Gasteiger partial charge is 0.224 e. The molecule has 128 valence electrons. The second kappa shape index (κ2) is 9.55. The minimum Gasteiger partial charge on any atom is -0.397 e. The zero-order chi connectivity index (χ0) is 17.2. The van der Waals surface area contributed by atoms with Crippen LogP contribution in [0, 0.1) is 0 Å². The number of hydrogen-bond acceptors (Lipinski definition) is 4. The Morgan fingerprint density at radius 3 is 2.62 bits per heavy atom. The van der Waals surface area contributed by atoms with Gasteiger partial charge in [0.15, 0.2) is 0 Å². The minimum absolute atomic E-state index is 0.0234. The van der Waals surface area contributed by atoms with Gasteiger partial charge in [-0.1, -0.05) is 26.2 Å². The largest absolute Gasteiger partial charge is 0.397 e. The third kappa shape index (κ3) is 5.91. The molecule has 0 saturated heterocycles. The zero-order valence-corrected chi connectivity index (χ0v) is 14.2. The minimum atomic E-state index is 0.0234. The van der Waals surface area contributed by atoms with Gasteiger partial charge in [0.25, 0.3) is 0 Å². The highest BCUT2D eigenvalue weighted by atomic mass is 16.1. The fraction of sp³-hybridized carbons (Fsp3) is 0.368. The van der Waals surface area contributed by atoms with Crippen LogP contribution in [0.25, 0.3) is 0 Å². The molecule has 0 aliphatic rings. The van der Waals surface area contributed by atoms with Crippen LogP contribution in [0.4, 0.5) is 17.1 Å². The monoisotopic (exact) mass is 326 g/mol. The Labute approximate surface area is 143 Å². The van der Waals surface area contributed by atoms with Crippen LogP contribution in [0.2, 0.25) is 0 Å². The summed E-state index contributed by atoms with van der Waals surface area (Å²) in [6.45, 7) is 2.86. The molecule has 2 aromatic rings. The molecule has 24 heavy (non-hydrogen) atoms. The van der Waals surface area contributed by atoms with Gasteiger partial charge in [-0.05, 0) is 42.3 Å². The lowest BCUT2D eigenvalue weighted by atomic mass is 10.1. The molecule has 0 saturated carbocycles. The zero-order valence-electron chi connectivity index (χ0n) is 14.2. The van der Waals surface area contributed by atoms with Gasteiger partial charge in [0, 0.05) is 31.0 Å². The van der Waals surface area contributed by atoms with E-state index in [4.69, 9.17) is 5.73 Å². The average Bonchev–Trinajstić information content (AvgIpc) is 2.60. The first-order valence-corrected chi connectivity index (χ1v) is 8.51. The van der Waals surface area contributed by atoms with Gasteiger partial charge in [0.05, 0.1) is 11.4 Å². The van der Waals surface area contributed by atoms with Crippen molar-refractivity contribution in [1.82, 2.24) is 4.98 Å². The molecule has 1 aromatic carbocycles. The molecule has 5 heteroatoms. The van der Waals surface area contributed by atoms with E-state index in [-0.39, 0.29) is 5.91 Å². The molecule has 1 heterocycles. The van der Waals surface area contributed by atoms with Crippen molar-refractivity contribution in [2.45, 2.75) is 45.6 Å². The lowest BCUT2D eigenvalue weighted by Crippen LogP contribution is -2.12. The first-order chi connectivity index (χ1) is 11.7. The summed E-state index contributed by atoms with van der Waals surface area (Å²) in [5.41, 5.74) is 9.36. The molecule has 0 unspecified atom stereocenters. The van der Waals surface area contributed by atoms with E-state index in [1.807, 2.05) is 30.3 Å². The summed E-state index contributed by atoms with van der Waals surface area (Å²) >= 11 is 0. The van der Waals surface area contributed by atoms with Crippen LogP contribution in [-0.2, 0) is 11.3 Å². The van der Waals surface area contributed by atoms with E-state index in [0.29, 0.717) is 24.3 Å². The molecule has 0 aliphatic carbocycles. The van der Waals surface area contributed by atoms with Crippen LogP contribution in [-0.4, -0.2) is 10.9 Å². The normalized spacial score (nSPS) is 10.4. The standard InChI is InChI=1S/C19H26N4O/c1-2-3-4-5-6-19(24)23-18-8-7-16(13-17(18)20)22-14-15-9-11-21-12-10-15/h7-13,22H,2-6,14,20H2,1H3,(H,23,24). The summed E-state index contributed by atoms with van der Waals surface area (Å²) in [7, 11) is 0. The first kappa shape index (κ1) is 17.8. The predicted octanol–water partition coefficient (Wildman–Crippen LogP) is 4.18. The summed E-state index contributed by atoms with van der Waals surface area (Å²) in [5.74, 6) is 0.0234. The summed E-state index contributed by atoms with van der Waals surface area (Å²) in [6.07, 6.45) is 8.44. The Morgan fingerprint density at radius 2 is 1.92 bits per heavy atom. The number of anilines is 3. The maximum absolute atomic E-state index is 11.9. The van der Waals surface area contributed by atoms with Crippen molar-refractivity contribution >= 4 is 23.0 Å². The molecule has 0 aliphatic heterocycles. The van der Waals surface area contributed by atoms with Crippen molar-refractivity contribution in [3.05, 3.63) is 48.3 Å². The number of nitrogens with zero attached hydrogens (tertiary/aromatic N) is 1. The van der Waals surface area contributed by atoms with E-state index < -0.39 is 0 Å². The summed E-state index contributed by atoms with van der Waals surface area (Å²) in [5, 5.41) is 6.20. The highest BCUT2D eigenvalue weighted by Crippen LogP contribution is 2.23. The van der Waals surface area contributed by atoms with E-state index in [0.717, 1.165) is 24.1 Å². The maximum Gasteiger partial charge on any atom is 0.224 e.